The molecule has 0 saturated heterocycles. The summed E-state index contributed by atoms with van der Waals surface area (Å²) in [6.45, 7) is 4.86. The van der Waals surface area contributed by atoms with Crippen LogP contribution in [0.3, 0.4) is 0 Å². The molecular weight excluding hydrogens is 240 g/mol. The van der Waals surface area contributed by atoms with Gasteiger partial charge in [0.05, 0.1) is 13.2 Å². The maximum absolute atomic E-state index is 10.1. The molecule has 0 bridgehead atoms. The minimum Gasteiger partial charge on any atom is -0.504 e. The molecule has 0 aliphatic carbocycles. The maximum atomic E-state index is 10.1. The van der Waals surface area contributed by atoms with E-state index in [-0.39, 0.29) is 5.75 Å². The summed E-state index contributed by atoms with van der Waals surface area (Å²) < 4.78 is 11.0. The first kappa shape index (κ1) is 13.3. The molecule has 0 saturated carbocycles. The summed E-state index contributed by atoms with van der Waals surface area (Å²) in [6, 6.07) is 13.3. The molecule has 3 nitrogen and oxygen atoms in total. The smallest absolute Gasteiger partial charge is 0.168 e. The predicted molar refractivity (Wildman–Crippen MR) is 75.9 cm³/mol. The van der Waals surface area contributed by atoms with E-state index in [4.69, 9.17) is 9.47 Å². The number of rotatable bonds is 5. The van der Waals surface area contributed by atoms with E-state index in [2.05, 4.69) is 0 Å². The van der Waals surface area contributed by atoms with Gasteiger partial charge in [-0.3, -0.25) is 0 Å². The molecule has 0 radical (unpaired) electrons. The lowest BCUT2D eigenvalue weighted by Gasteiger charge is -2.14. The highest BCUT2D eigenvalue weighted by molar-refractivity contribution is 5.75. The number of ether oxygens (including phenoxy) is 2. The van der Waals surface area contributed by atoms with Crippen molar-refractivity contribution in [1.82, 2.24) is 0 Å². The van der Waals surface area contributed by atoms with Crippen LogP contribution in [-0.2, 0) is 0 Å². The molecular formula is C16H18O3. The molecule has 1 N–H and O–H groups in total. The van der Waals surface area contributed by atoms with Crippen LogP contribution in [0.5, 0.6) is 17.2 Å². The van der Waals surface area contributed by atoms with Crippen LogP contribution in [0.2, 0.25) is 0 Å². The summed E-state index contributed by atoms with van der Waals surface area (Å²) in [5.41, 5.74) is 1.83. The lowest BCUT2D eigenvalue weighted by Crippen LogP contribution is -1.97. The summed E-state index contributed by atoms with van der Waals surface area (Å²) >= 11 is 0. The van der Waals surface area contributed by atoms with E-state index in [1.807, 2.05) is 50.2 Å². The molecule has 0 fully saturated rings. The van der Waals surface area contributed by atoms with Crippen molar-refractivity contribution < 1.29 is 14.6 Å². The van der Waals surface area contributed by atoms with Gasteiger partial charge in [-0.05, 0) is 25.5 Å². The third kappa shape index (κ3) is 2.99. The standard InChI is InChI=1S/C16H18O3/c1-3-18-13-10-14(12-8-6-5-7-9-12)16(19-4-2)15(17)11-13/h5-11,17H,3-4H2,1-2H3. The molecule has 0 amide bonds. The topological polar surface area (TPSA) is 38.7 Å². The Morgan fingerprint density at radius 1 is 0.947 bits per heavy atom. The van der Waals surface area contributed by atoms with Crippen LogP contribution in [0.15, 0.2) is 42.5 Å². The minimum absolute atomic E-state index is 0.103. The molecule has 2 aromatic carbocycles. The van der Waals surface area contributed by atoms with Gasteiger partial charge in [-0.2, -0.15) is 0 Å². The second kappa shape index (κ2) is 6.14. The highest BCUT2D eigenvalue weighted by Crippen LogP contribution is 2.41. The van der Waals surface area contributed by atoms with Crippen LogP contribution in [-0.4, -0.2) is 18.3 Å². The van der Waals surface area contributed by atoms with Gasteiger partial charge < -0.3 is 14.6 Å². The quantitative estimate of drug-likeness (QED) is 0.885. The van der Waals surface area contributed by atoms with Crippen LogP contribution in [0, 0.1) is 0 Å². The second-order valence-corrected chi connectivity index (χ2v) is 4.05. The molecule has 0 heterocycles. The van der Waals surface area contributed by atoms with Gasteiger partial charge in [0.2, 0.25) is 0 Å². The SMILES string of the molecule is CCOc1cc(O)c(OCC)c(-c2ccccc2)c1. The number of aromatic hydroxyl groups is 1. The van der Waals surface area contributed by atoms with Crippen LogP contribution in [0.1, 0.15) is 13.8 Å². The maximum Gasteiger partial charge on any atom is 0.168 e. The van der Waals surface area contributed by atoms with E-state index in [0.29, 0.717) is 24.7 Å². The van der Waals surface area contributed by atoms with Crippen LogP contribution in [0.4, 0.5) is 0 Å². The van der Waals surface area contributed by atoms with Gasteiger partial charge in [-0.1, -0.05) is 30.3 Å². The normalized spacial score (nSPS) is 10.2. The largest absolute Gasteiger partial charge is 0.504 e. The number of phenols is 1. The molecule has 19 heavy (non-hydrogen) atoms. The van der Waals surface area contributed by atoms with E-state index in [0.717, 1.165) is 11.1 Å². The van der Waals surface area contributed by atoms with Crippen molar-refractivity contribution in [3.63, 3.8) is 0 Å². The van der Waals surface area contributed by atoms with Crippen molar-refractivity contribution in [2.45, 2.75) is 13.8 Å². The van der Waals surface area contributed by atoms with Gasteiger partial charge in [0.25, 0.3) is 0 Å². The molecule has 0 spiro atoms. The molecule has 2 aromatic rings. The number of phenolic OH excluding ortho intramolecular Hbond substituents is 1. The van der Waals surface area contributed by atoms with E-state index in [1.54, 1.807) is 6.07 Å². The van der Waals surface area contributed by atoms with Gasteiger partial charge in [0, 0.05) is 11.6 Å². The molecule has 100 valence electrons. The molecule has 3 heteroatoms. The zero-order chi connectivity index (χ0) is 13.7. The highest BCUT2D eigenvalue weighted by atomic mass is 16.5. The lowest BCUT2D eigenvalue weighted by molar-refractivity contribution is 0.312. The molecule has 0 aliphatic rings. The zero-order valence-electron chi connectivity index (χ0n) is 11.2. The Morgan fingerprint density at radius 3 is 2.26 bits per heavy atom. The Labute approximate surface area is 113 Å². The van der Waals surface area contributed by atoms with Gasteiger partial charge in [-0.15, -0.1) is 0 Å². The number of hydrogen-bond donors (Lipinski definition) is 1. The van der Waals surface area contributed by atoms with Gasteiger partial charge in [0.15, 0.2) is 11.5 Å². The van der Waals surface area contributed by atoms with Crippen LogP contribution < -0.4 is 9.47 Å². The van der Waals surface area contributed by atoms with E-state index < -0.39 is 0 Å². The fourth-order valence-corrected chi connectivity index (χ4v) is 1.97. The second-order valence-electron chi connectivity index (χ2n) is 4.05. The Kier molecular flexibility index (Phi) is 4.29. The third-order valence-electron chi connectivity index (χ3n) is 2.73. The summed E-state index contributed by atoms with van der Waals surface area (Å²) in [5, 5.41) is 10.1. The monoisotopic (exact) mass is 258 g/mol. The molecule has 0 aromatic heterocycles. The molecule has 0 atom stereocenters. The number of benzene rings is 2. The molecule has 0 unspecified atom stereocenters. The molecule has 0 aliphatic heterocycles. The predicted octanol–water partition coefficient (Wildman–Crippen LogP) is 3.86. The minimum atomic E-state index is 0.103. The average molecular weight is 258 g/mol. The first-order valence-corrected chi connectivity index (χ1v) is 6.44. The Bertz CT molecular complexity index is 535. The summed E-state index contributed by atoms with van der Waals surface area (Å²) in [5.74, 6) is 1.24. The highest BCUT2D eigenvalue weighted by Gasteiger charge is 2.13. The van der Waals surface area contributed by atoms with Gasteiger partial charge in [-0.25, -0.2) is 0 Å². The summed E-state index contributed by atoms with van der Waals surface area (Å²) in [6.07, 6.45) is 0. The van der Waals surface area contributed by atoms with Crippen molar-refractivity contribution >= 4 is 0 Å². The summed E-state index contributed by atoms with van der Waals surface area (Å²) in [7, 11) is 0. The van der Waals surface area contributed by atoms with Gasteiger partial charge >= 0.3 is 0 Å². The van der Waals surface area contributed by atoms with Crippen molar-refractivity contribution in [2.75, 3.05) is 13.2 Å². The number of hydrogen-bond acceptors (Lipinski definition) is 3. The van der Waals surface area contributed by atoms with E-state index in [9.17, 15) is 5.11 Å². The average Bonchev–Trinajstić information content (AvgIpc) is 2.43. The Hall–Kier alpha value is -2.16. The van der Waals surface area contributed by atoms with Crippen LogP contribution >= 0.6 is 0 Å². The fourth-order valence-electron chi connectivity index (χ4n) is 1.97. The van der Waals surface area contributed by atoms with E-state index >= 15 is 0 Å². The zero-order valence-corrected chi connectivity index (χ0v) is 11.2. The van der Waals surface area contributed by atoms with Crippen molar-refractivity contribution in [3.05, 3.63) is 42.5 Å². The lowest BCUT2D eigenvalue weighted by atomic mass is 10.0. The van der Waals surface area contributed by atoms with E-state index in [1.165, 1.54) is 0 Å². The summed E-state index contributed by atoms with van der Waals surface area (Å²) in [4.78, 5) is 0. The van der Waals surface area contributed by atoms with Crippen molar-refractivity contribution in [1.29, 1.82) is 0 Å². The Morgan fingerprint density at radius 2 is 1.63 bits per heavy atom. The van der Waals surface area contributed by atoms with Crippen LogP contribution in [0.25, 0.3) is 11.1 Å². The molecule has 2 rings (SSSR count). The first-order chi connectivity index (χ1) is 9.26. The van der Waals surface area contributed by atoms with Crippen molar-refractivity contribution in [3.8, 4) is 28.4 Å². The first-order valence-electron chi connectivity index (χ1n) is 6.44. The van der Waals surface area contributed by atoms with Crippen molar-refractivity contribution in [2.24, 2.45) is 0 Å². The fraction of sp³-hybridized carbons (Fsp3) is 0.250. The third-order valence-corrected chi connectivity index (χ3v) is 2.73. The Balaban J connectivity index is 2.54. The van der Waals surface area contributed by atoms with Gasteiger partial charge in [0.1, 0.15) is 5.75 Å².